The van der Waals surface area contributed by atoms with E-state index in [1.165, 1.54) is 6.07 Å². The molecule has 0 aliphatic carbocycles. The number of hydrogen-bond donors (Lipinski definition) is 1. The van der Waals surface area contributed by atoms with E-state index in [4.69, 9.17) is 5.73 Å². The maximum atomic E-state index is 13.2. The Bertz CT molecular complexity index is 294. The van der Waals surface area contributed by atoms with Crippen molar-refractivity contribution in [1.82, 2.24) is 0 Å². The van der Waals surface area contributed by atoms with Crippen LogP contribution < -0.4 is 5.73 Å². The predicted octanol–water partition coefficient (Wildman–Crippen LogP) is 3.00. The molecule has 4 heteroatoms. The van der Waals surface area contributed by atoms with Crippen molar-refractivity contribution in [2.45, 2.75) is 17.1 Å². The molecule has 1 aromatic carbocycles. The van der Waals surface area contributed by atoms with E-state index >= 15 is 0 Å². The molecule has 1 aromatic rings. The van der Waals surface area contributed by atoms with Crippen LogP contribution in [0.3, 0.4) is 0 Å². The van der Waals surface area contributed by atoms with Crippen molar-refractivity contribution in [3.05, 3.63) is 30.1 Å². The lowest BCUT2D eigenvalue weighted by atomic mass is 10.3. The van der Waals surface area contributed by atoms with Crippen LogP contribution in [0.4, 0.5) is 4.39 Å². The molecule has 0 saturated heterocycles. The molecule has 0 amide bonds. The number of benzene rings is 1. The minimum atomic E-state index is -0.126. The smallest absolute Gasteiger partial charge is 0.136 e. The average molecular weight is 245 g/mol. The molecule has 2 N–H and O–H groups in total. The third kappa shape index (κ3) is 4.91. The first-order chi connectivity index (χ1) is 7.24. The van der Waals surface area contributed by atoms with Crippen LogP contribution in [0.25, 0.3) is 0 Å². The van der Waals surface area contributed by atoms with Crippen LogP contribution in [0.2, 0.25) is 0 Å². The summed E-state index contributed by atoms with van der Waals surface area (Å²) in [5.41, 5.74) is 5.50. The second kappa shape index (κ2) is 7.14. The van der Waals surface area contributed by atoms with E-state index in [0.29, 0.717) is 11.8 Å². The van der Waals surface area contributed by atoms with Gasteiger partial charge in [-0.3, -0.25) is 0 Å². The molecule has 0 radical (unpaired) electrons. The Morgan fingerprint density at radius 2 is 2.07 bits per heavy atom. The highest BCUT2D eigenvalue weighted by Crippen LogP contribution is 2.22. The molecule has 1 unspecified atom stereocenters. The van der Waals surface area contributed by atoms with Crippen molar-refractivity contribution < 1.29 is 4.39 Å². The van der Waals surface area contributed by atoms with Crippen LogP contribution in [-0.4, -0.2) is 23.3 Å². The largest absolute Gasteiger partial charge is 0.329 e. The predicted molar refractivity (Wildman–Crippen MR) is 68.1 cm³/mol. The summed E-state index contributed by atoms with van der Waals surface area (Å²) in [6.07, 6.45) is 0. The monoisotopic (exact) mass is 245 g/mol. The van der Waals surface area contributed by atoms with Crippen molar-refractivity contribution in [2.75, 3.05) is 18.1 Å². The molecule has 84 valence electrons. The third-order valence-corrected chi connectivity index (χ3v) is 4.42. The normalized spacial score (nSPS) is 12.7. The zero-order valence-electron chi connectivity index (χ0n) is 8.78. The Balaban J connectivity index is 2.23. The average Bonchev–Trinajstić information content (AvgIpc) is 2.26. The van der Waals surface area contributed by atoms with Gasteiger partial charge in [0, 0.05) is 28.2 Å². The Labute approximate surface area is 99.0 Å². The maximum absolute atomic E-state index is 13.2. The van der Waals surface area contributed by atoms with Gasteiger partial charge in [0.15, 0.2) is 0 Å². The van der Waals surface area contributed by atoms with Gasteiger partial charge >= 0.3 is 0 Å². The van der Waals surface area contributed by atoms with E-state index in [9.17, 15) is 4.39 Å². The third-order valence-electron chi connectivity index (χ3n) is 1.91. The van der Waals surface area contributed by atoms with Crippen molar-refractivity contribution in [1.29, 1.82) is 0 Å². The summed E-state index contributed by atoms with van der Waals surface area (Å²) in [5.74, 6) is 1.81. The highest BCUT2D eigenvalue weighted by Gasteiger charge is 2.02. The molecule has 0 aliphatic rings. The number of rotatable bonds is 6. The summed E-state index contributed by atoms with van der Waals surface area (Å²) in [4.78, 5) is 0.735. The van der Waals surface area contributed by atoms with Crippen molar-refractivity contribution in [3.63, 3.8) is 0 Å². The first kappa shape index (κ1) is 12.9. The first-order valence-corrected chi connectivity index (χ1v) is 6.96. The van der Waals surface area contributed by atoms with Gasteiger partial charge in [0.25, 0.3) is 0 Å². The SMILES string of the molecule is CC(CN)SCCSc1ccccc1F. The maximum Gasteiger partial charge on any atom is 0.136 e. The van der Waals surface area contributed by atoms with Gasteiger partial charge in [0.2, 0.25) is 0 Å². The fraction of sp³-hybridized carbons (Fsp3) is 0.455. The van der Waals surface area contributed by atoms with E-state index in [1.54, 1.807) is 17.8 Å². The first-order valence-electron chi connectivity index (χ1n) is 4.93. The fourth-order valence-corrected chi connectivity index (χ4v) is 2.89. The highest BCUT2D eigenvalue weighted by molar-refractivity contribution is 8.03. The highest BCUT2D eigenvalue weighted by atomic mass is 32.2. The van der Waals surface area contributed by atoms with Crippen molar-refractivity contribution in [2.24, 2.45) is 5.73 Å². The molecular weight excluding hydrogens is 229 g/mol. The molecular formula is C11H16FNS2. The molecule has 0 aromatic heterocycles. The molecule has 1 atom stereocenters. The molecule has 0 saturated carbocycles. The molecule has 0 fully saturated rings. The summed E-state index contributed by atoms with van der Waals surface area (Å²) < 4.78 is 13.2. The van der Waals surface area contributed by atoms with Gasteiger partial charge < -0.3 is 5.73 Å². The molecule has 0 spiro atoms. The van der Waals surface area contributed by atoms with Crippen LogP contribution in [0.5, 0.6) is 0 Å². The summed E-state index contributed by atoms with van der Waals surface area (Å²) in [5, 5.41) is 0.492. The van der Waals surface area contributed by atoms with Crippen LogP contribution in [0.1, 0.15) is 6.92 Å². The van der Waals surface area contributed by atoms with E-state index in [1.807, 2.05) is 23.9 Å². The zero-order valence-corrected chi connectivity index (χ0v) is 10.4. The van der Waals surface area contributed by atoms with Gasteiger partial charge in [0.1, 0.15) is 5.82 Å². The number of hydrogen-bond acceptors (Lipinski definition) is 3. The summed E-state index contributed by atoms with van der Waals surface area (Å²) >= 11 is 3.40. The quantitative estimate of drug-likeness (QED) is 0.616. The van der Waals surface area contributed by atoms with Gasteiger partial charge in [-0.1, -0.05) is 19.1 Å². The lowest BCUT2D eigenvalue weighted by Gasteiger charge is -2.07. The number of halogens is 1. The lowest BCUT2D eigenvalue weighted by molar-refractivity contribution is 0.602. The minimum absolute atomic E-state index is 0.126. The van der Waals surface area contributed by atoms with Crippen LogP contribution in [0, 0.1) is 5.82 Å². The molecule has 1 nitrogen and oxygen atoms in total. The van der Waals surface area contributed by atoms with E-state index in [-0.39, 0.29) is 5.82 Å². The zero-order chi connectivity index (χ0) is 11.1. The fourth-order valence-electron chi connectivity index (χ4n) is 1.03. The Hall–Kier alpha value is -0.190. The standard InChI is InChI=1S/C11H16FNS2/c1-9(8-13)14-6-7-15-11-5-3-2-4-10(11)12/h2-5,9H,6-8,13H2,1H3. The van der Waals surface area contributed by atoms with Gasteiger partial charge in [-0.15, -0.1) is 11.8 Å². The summed E-state index contributed by atoms with van der Waals surface area (Å²) in [7, 11) is 0. The van der Waals surface area contributed by atoms with E-state index in [2.05, 4.69) is 6.92 Å². The van der Waals surface area contributed by atoms with Crippen molar-refractivity contribution >= 4 is 23.5 Å². The van der Waals surface area contributed by atoms with E-state index in [0.717, 1.165) is 16.4 Å². The van der Waals surface area contributed by atoms with E-state index < -0.39 is 0 Å². The minimum Gasteiger partial charge on any atom is -0.329 e. The molecule has 0 heterocycles. The topological polar surface area (TPSA) is 26.0 Å². The van der Waals surface area contributed by atoms with Crippen molar-refractivity contribution in [3.8, 4) is 0 Å². The number of nitrogens with two attached hydrogens (primary N) is 1. The lowest BCUT2D eigenvalue weighted by Crippen LogP contribution is -2.13. The van der Waals surface area contributed by atoms with Gasteiger partial charge in [0.05, 0.1) is 0 Å². The summed E-state index contributed by atoms with van der Waals surface area (Å²) in [6, 6.07) is 6.89. The number of thioether (sulfide) groups is 2. The Morgan fingerprint density at radius 3 is 2.73 bits per heavy atom. The Kier molecular flexibility index (Phi) is 6.13. The van der Waals surface area contributed by atoms with Gasteiger partial charge in [-0.25, -0.2) is 4.39 Å². The second-order valence-electron chi connectivity index (χ2n) is 3.20. The molecule has 0 bridgehead atoms. The summed E-state index contributed by atoms with van der Waals surface area (Å²) in [6.45, 7) is 2.81. The molecule has 1 rings (SSSR count). The molecule has 0 aliphatic heterocycles. The molecule has 15 heavy (non-hydrogen) atoms. The van der Waals surface area contributed by atoms with Crippen LogP contribution in [0.15, 0.2) is 29.2 Å². The van der Waals surface area contributed by atoms with Crippen LogP contribution >= 0.6 is 23.5 Å². The van der Waals surface area contributed by atoms with Gasteiger partial charge in [-0.2, -0.15) is 11.8 Å². The Morgan fingerprint density at radius 1 is 1.33 bits per heavy atom. The second-order valence-corrected chi connectivity index (χ2v) is 5.88. The van der Waals surface area contributed by atoms with Gasteiger partial charge in [-0.05, 0) is 12.1 Å². The van der Waals surface area contributed by atoms with Crippen LogP contribution in [-0.2, 0) is 0 Å².